The molecule has 3 N–H and O–H groups in total. The van der Waals surface area contributed by atoms with Crippen LogP contribution in [0, 0.1) is 0 Å². The molecule has 0 aliphatic heterocycles. The molecule has 1 amide bonds. The van der Waals surface area contributed by atoms with Crippen LogP contribution in [0.1, 0.15) is 29.9 Å². The molecule has 0 saturated carbocycles. The number of thiophene rings is 1. The van der Waals surface area contributed by atoms with Crippen molar-refractivity contribution in [3.8, 4) is 0 Å². The average molecular weight is 399 g/mol. The number of hydrogen-bond donors (Lipinski definition) is 3. The molecule has 1 aromatic rings. The highest BCUT2D eigenvalue weighted by Gasteiger charge is 2.26. The van der Waals surface area contributed by atoms with E-state index in [2.05, 4.69) is 26.0 Å². The molecule has 1 rings (SSSR count). The van der Waals surface area contributed by atoms with E-state index in [0.717, 1.165) is 23.8 Å². The van der Waals surface area contributed by atoms with Gasteiger partial charge in [0.15, 0.2) is 0 Å². The summed E-state index contributed by atoms with van der Waals surface area (Å²) in [7, 11) is -3.98. The van der Waals surface area contributed by atoms with Gasteiger partial charge in [-0.3, -0.25) is 4.79 Å². The molecule has 1 aromatic heterocycles. The second-order valence-corrected chi connectivity index (χ2v) is 8.24. The van der Waals surface area contributed by atoms with Gasteiger partial charge in [0.25, 0.3) is 0 Å². The van der Waals surface area contributed by atoms with Crippen LogP contribution in [-0.4, -0.2) is 38.0 Å². The summed E-state index contributed by atoms with van der Waals surface area (Å²) >= 11 is 3.82. The number of carboxylic acids is 1. The van der Waals surface area contributed by atoms with E-state index >= 15 is 0 Å². The molecule has 118 valence electrons. The molecule has 7 nitrogen and oxygen atoms in total. The molecule has 1 unspecified atom stereocenters. The molecule has 1 heterocycles. The number of carbonyl (C=O) groups excluding carboxylic acids is 1. The third-order valence-corrected chi connectivity index (χ3v) is 6.21. The number of hydrogen-bond acceptors (Lipinski definition) is 5. The normalized spacial score (nSPS) is 12.9. The van der Waals surface area contributed by atoms with Crippen LogP contribution >= 0.6 is 27.3 Å². The Balaban J connectivity index is 2.91. The average Bonchev–Trinajstić information content (AvgIpc) is 2.78. The molecule has 1 atom stereocenters. The maximum absolute atomic E-state index is 12.2. The van der Waals surface area contributed by atoms with Gasteiger partial charge in [0.2, 0.25) is 15.9 Å². The second-order valence-electron chi connectivity index (χ2n) is 4.19. The number of amides is 1. The summed E-state index contributed by atoms with van der Waals surface area (Å²) in [6.07, 6.45) is 0.739. The minimum atomic E-state index is -3.98. The number of halogens is 1. The molecule has 0 spiro atoms. The quantitative estimate of drug-likeness (QED) is 0.642. The SMILES string of the molecule is CCCNC(=O)C(C)NS(=O)(=O)c1cc(C(=O)O)sc1Br. The van der Waals surface area contributed by atoms with Gasteiger partial charge in [-0.1, -0.05) is 6.92 Å². The van der Waals surface area contributed by atoms with Crippen molar-refractivity contribution in [2.45, 2.75) is 31.2 Å². The largest absolute Gasteiger partial charge is 0.477 e. The zero-order valence-electron chi connectivity index (χ0n) is 11.3. The molecule has 0 aliphatic carbocycles. The van der Waals surface area contributed by atoms with Crippen LogP contribution in [0.25, 0.3) is 0 Å². The Morgan fingerprint density at radius 1 is 1.48 bits per heavy atom. The first-order valence-electron chi connectivity index (χ1n) is 6.01. The number of nitrogens with one attached hydrogen (secondary N) is 2. The fourth-order valence-corrected chi connectivity index (χ4v) is 5.00. The molecule has 0 bridgehead atoms. The van der Waals surface area contributed by atoms with Crippen LogP contribution in [0.15, 0.2) is 14.7 Å². The lowest BCUT2D eigenvalue weighted by atomic mass is 10.3. The summed E-state index contributed by atoms with van der Waals surface area (Å²) in [6.45, 7) is 3.75. The van der Waals surface area contributed by atoms with Crippen molar-refractivity contribution in [3.63, 3.8) is 0 Å². The van der Waals surface area contributed by atoms with Crippen LogP contribution in [0.2, 0.25) is 0 Å². The summed E-state index contributed by atoms with van der Waals surface area (Å²) in [5.74, 6) is -1.65. The smallest absolute Gasteiger partial charge is 0.345 e. The van der Waals surface area contributed by atoms with Crippen LogP contribution in [0.4, 0.5) is 0 Å². The first kappa shape index (κ1) is 18.1. The van der Waals surface area contributed by atoms with E-state index in [1.54, 1.807) is 0 Å². The molecular formula is C11H15BrN2O5S2. The first-order valence-corrected chi connectivity index (χ1v) is 9.11. The van der Waals surface area contributed by atoms with Gasteiger partial charge < -0.3 is 10.4 Å². The third kappa shape index (κ3) is 4.77. The van der Waals surface area contributed by atoms with Gasteiger partial charge in [0.05, 0.1) is 9.83 Å². The molecule has 0 radical (unpaired) electrons. The lowest BCUT2D eigenvalue weighted by Crippen LogP contribution is -2.44. The van der Waals surface area contributed by atoms with Gasteiger partial charge in [-0.25, -0.2) is 13.2 Å². The van der Waals surface area contributed by atoms with Crippen molar-refractivity contribution in [1.82, 2.24) is 10.0 Å². The number of carboxylic acid groups (broad SMARTS) is 1. The minimum absolute atomic E-state index is 0.106. The number of sulfonamides is 1. The second kappa shape index (κ2) is 7.34. The van der Waals surface area contributed by atoms with Gasteiger partial charge in [0, 0.05) is 6.54 Å². The van der Waals surface area contributed by atoms with E-state index < -0.39 is 27.9 Å². The molecule has 0 fully saturated rings. The zero-order chi connectivity index (χ0) is 16.2. The van der Waals surface area contributed by atoms with E-state index in [9.17, 15) is 18.0 Å². The van der Waals surface area contributed by atoms with Crippen LogP contribution < -0.4 is 10.0 Å². The maximum atomic E-state index is 12.2. The van der Waals surface area contributed by atoms with Crippen molar-refractivity contribution in [2.75, 3.05) is 6.54 Å². The van der Waals surface area contributed by atoms with Crippen molar-refractivity contribution >= 4 is 49.2 Å². The Hall–Kier alpha value is -0.970. The molecular weight excluding hydrogens is 384 g/mol. The van der Waals surface area contributed by atoms with Crippen LogP contribution in [0.3, 0.4) is 0 Å². The van der Waals surface area contributed by atoms with Gasteiger partial charge in [0.1, 0.15) is 9.77 Å². The van der Waals surface area contributed by atoms with Crippen molar-refractivity contribution in [2.24, 2.45) is 0 Å². The summed E-state index contributed by atoms with van der Waals surface area (Å²) in [4.78, 5) is 22.2. The van der Waals surface area contributed by atoms with E-state index in [4.69, 9.17) is 5.11 Å². The minimum Gasteiger partial charge on any atom is -0.477 e. The van der Waals surface area contributed by atoms with Crippen molar-refractivity contribution in [3.05, 3.63) is 14.7 Å². The topological polar surface area (TPSA) is 113 Å². The predicted octanol–water partition coefficient (Wildman–Crippen LogP) is 1.40. The van der Waals surface area contributed by atoms with Gasteiger partial charge in [-0.05, 0) is 35.3 Å². The lowest BCUT2D eigenvalue weighted by Gasteiger charge is -2.13. The monoisotopic (exact) mass is 398 g/mol. The molecule has 0 aromatic carbocycles. The molecule has 10 heteroatoms. The highest BCUT2D eigenvalue weighted by Crippen LogP contribution is 2.31. The third-order valence-electron chi connectivity index (χ3n) is 2.43. The Bertz CT molecular complexity index is 641. The maximum Gasteiger partial charge on any atom is 0.345 e. The fraction of sp³-hybridized carbons (Fsp3) is 0.455. The Morgan fingerprint density at radius 3 is 2.57 bits per heavy atom. The van der Waals surface area contributed by atoms with Crippen molar-refractivity contribution < 1.29 is 23.1 Å². The highest BCUT2D eigenvalue weighted by molar-refractivity contribution is 9.11. The summed E-state index contributed by atoms with van der Waals surface area (Å²) in [6, 6.07) is 0.0948. The highest BCUT2D eigenvalue weighted by atomic mass is 79.9. The standard InChI is InChI=1S/C11H15BrN2O5S2/c1-3-4-13-10(15)6(2)14-21(18,19)8-5-7(11(16)17)20-9(8)12/h5-6,14H,3-4H2,1-2H3,(H,13,15)(H,16,17). The zero-order valence-corrected chi connectivity index (χ0v) is 14.6. The molecule has 21 heavy (non-hydrogen) atoms. The molecule has 0 aliphatic rings. The van der Waals surface area contributed by atoms with Gasteiger partial charge in [-0.2, -0.15) is 4.72 Å². The van der Waals surface area contributed by atoms with E-state index in [1.807, 2.05) is 6.92 Å². The number of rotatable bonds is 7. The van der Waals surface area contributed by atoms with Crippen LogP contribution in [0.5, 0.6) is 0 Å². The fourth-order valence-electron chi connectivity index (χ4n) is 1.39. The summed E-state index contributed by atoms with van der Waals surface area (Å²) in [5.41, 5.74) is 0. The Kier molecular flexibility index (Phi) is 6.32. The van der Waals surface area contributed by atoms with Gasteiger partial charge >= 0.3 is 5.97 Å². The van der Waals surface area contributed by atoms with Crippen LogP contribution in [-0.2, 0) is 14.8 Å². The summed E-state index contributed by atoms with van der Waals surface area (Å²) in [5, 5.41) is 11.4. The lowest BCUT2D eigenvalue weighted by molar-refractivity contribution is -0.122. The number of aromatic carboxylic acids is 1. The Labute approximate surface area is 134 Å². The predicted molar refractivity (Wildman–Crippen MR) is 82.1 cm³/mol. The van der Waals surface area contributed by atoms with E-state index in [-0.39, 0.29) is 13.6 Å². The van der Waals surface area contributed by atoms with Crippen molar-refractivity contribution in [1.29, 1.82) is 0 Å². The first-order chi connectivity index (χ1) is 9.69. The van der Waals surface area contributed by atoms with E-state index in [1.165, 1.54) is 6.92 Å². The summed E-state index contributed by atoms with van der Waals surface area (Å²) < 4.78 is 26.7. The molecule has 0 saturated heterocycles. The van der Waals surface area contributed by atoms with Gasteiger partial charge in [-0.15, -0.1) is 11.3 Å². The van der Waals surface area contributed by atoms with E-state index in [0.29, 0.717) is 6.54 Å². The Morgan fingerprint density at radius 2 is 2.10 bits per heavy atom. The number of carbonyl (C=O) groups is 2.